The van der Waals surface area contributed by atoms with E-state index in [0.29, 0.717) is 13.0 Å². The van der Waals surface area contributed by atoms with Crippen molar-refractivity contribution >= 4 is 42.1 Å². The fourth-order valence-electron chi connectivity index (χ4n) is 1.27. The van der Waals surface area contributed by atoms with Gasteiger partial charge in [0.15, 0.2) is 0 Å². The van der Waals surface area contributed by atoms with Crippen molar-refractivity contribution in [3.8, 4) is 0 Å². The van der Waals surface area contributed by atoms with E-state index >= 15 is 0 Å². The summed E-state index contributed by atoms with van der Waals surface area (Å²) in [5, 5.41) is 5.89. The van der Waals surface area contributed by atoms with Gasteiger partial charge in [-0.05, 0) is 13.3 Å². The van der Waals surface area contributed by atoms with Crippen LogP contribution in [0, 0.1) is 6.92 Å². The molecule has 0 radical (unpaired) electrons. The molecule has 1 aromatic heterocycles. The van der Waals surface area contributed by atoms with Gasteiger partial charge in [0.2, 0.25) is 5.91 Å². The molecule has 0 saturated carbocycles. The summed E-state index contributed by atoms with van der Waals surface area (Å²) >= 11 is 1.59. The van der Waals surface area contributed by atoms with Crippen molar-refractivity contribution in [3.05, 3.63) is 16.1 Å². The number of carbonyl (C=O) groups is 1. The topological polar surface area (TPSA) is 68.0 Å². The zero-order valence-corrected chi connectivity index (χ0v) is 12.4. The number of aryl methyl sites for hydroxylation is 1. The SMILES string of the molecule is CCC(NC(=O)CCN)c1nc(C)cs1.Cl.Cl. The number of hydrogen-bond acceptors (Lipinski definition) is 4. The van der Waals surface area contributed by atoms with Crippen LogP contribution in [0.4, 0.5) is 0 Å². The van der Waals surface area contributed by atoms with Crippen molar-refractivity contribution in [3.63, 3.8) is 0 Å². The lowest BCUT2D eigenvalue weighted by molar-refractivity contribution is -0.121. The van der Waals surface area contributed by atoms with Gasteiger partial charge in [0.05, 0.1) is 6.04 Å². The molecule has 1 unspecified atom stereocenters. The number of aromatic nitrogens is 1. The molecule has 1 aromatic rings. The number of nitrogens with two attached hydrogens (primary N) is 1. The van der Waals surface area contributed by atoms with Crippen molar-refractivity contribution in [1.29, 1.82) is 0 Å². The molecular weight excluding hydrogens is 281 g/mol. The third kappa shape index (κ3) is 6.21. The van der Waals surface area contributed by atoms with Crippen molar-refractivity contribution in [2.24, 2.45) is 5.73 Å². The Kier molecular flexibility index (Phi) is 10.8. The standard InChI is InChI=1S/C10H17N3OS.2ClH/c1-3-8(13-9(14)4-5-11)10-12-7(2)6-15-10;;/h6,8H,3-5,11H2,1-2H3,(H,13,14);2*1H. The second kappa shape index (κ2) is 9.65. The van der Waals surface area contributed by atoms with Crippen LogP contribution >= 0.6 is 36.2 Å². The van der Waals surface area contributed by atoms with E-state index < -0.39 is 0 Å². The second-order valence-corrected chi connectivity index (χ2v) is 4.28. The van der Waals surface area contributed by atoms with Gasteiger partial charge in [-0.1, -0.05) is 6.92 Å². The second-order valence-electron chi connectivity index (χ2n) is 3.39. The van der Waals surface area contributed by atoms with Crippen LogP contribution in [0.2, 0.25) is 0 Å². The van der Waals surface area contributed by atoms with Gasteiger partial charge in [-0.2, -0.15) is 0 Å². The lowest BCUT2D eigenvalue weighted by atomic mass is 10.2. The van der Waals surface area contributed by atoms with Crippen molar-refractivity contribution < 1.29 is 4.79 Å². The first kappa shape index (κ1) is 19.0. The summed E-state index contributed by atoms with van der Waals surface area (Å²) in [6, 6.07) is 0.0303. The first-order chi connectivity index (χ1) is 7.17. The number of halogens is 2. The molecule has 0 aliphatic carbocycles. The minimum absolute atomic E-state index is 0. The third-order valence-electron chi connectivity index (χ3n) is 2.05. The first-order valence-corrected chi connectivity index (χ1v) is 5.96. The fourth-order valence-corrected chi connectivity index (χ4v) is 2.20. The van der Waals surface area contributed by atoms with E-state index in [2.05, 4.69) is 10.3 Å². The number of rotatable bonds is 5. The fraction of sp³-hybridized carbons (Fsp3) is 0.600. The number of nitrogens with one attached hydrogen (secondary N) is 1. The van der Waals surface area contributed by atoms with Crippen LogP contribution in [-0.4, -0.2) is 17.4 Å². The summed E-state index contributed by atoms with van der Waals surface area (Å²) < 4.78 is 0. The predicted octanol–water partition coefficient (Wildman–Crippen LogP) is 2.21. The van der Waals surface area contributed by atoms with Crippen LogP contribution in [0.25, 0.3) is 0 Å². The zero-order valence-electron chi connectivity index (χ0n) is 9.93. The largest absolute Gasteiger partial charge is 0.347 e. The van der Waals surface area contributed by atoms with E-state index in [1.165, 1.54) is 0 Å². The Hall–Kier alpha value is -0.360. The maximum Gasteiger partial charge on any atom is 0.221 e. The number of carbonyl (C=O) groups excluding carboxylic acids is 1. The normalized spacial score (nSPS) is 11.0. The molecule has 4 nitrogen and oxygen atoms in total. The number of nitrogens with zero attached hydrogens (tertiary/aromatic N) is 1. The van der Waals surface area contributed by atoms with Crippen LogP contribution in [0.3, 0.4) is 0 Å². The monoisotopic (exact) mass is 299 g/mol. The Morgan fingerprint density at radius 1 is 1.59 bits per heavy atom. The summed E-state index contributed by atoms with van der Waals surface area (Å²) in [7, 11) is 0. The summed E-state index contributed by atoms with van der Waals surface area (Å²) in [6.45, 7) is 4.37. The van der Waals surface area contributed by atoms with E-state index in [-0.39, 0.29) is 36.8 Å². The van der Waals surface area contributed by atoms with Crippen LogP contribution in [-0.2, 0) is 4.79 Å². The van der Waals surface area contributed by atoms with Crippen LogP contribution < -0.4 is 11.1 Å². The molecule has 7 heteroatoms. The molecule has 0 aliphatic rings. The zero-order chi connectivity index (χ0) is 11.3. The van der Waals surface area contributed by atoms with Crippen LogP contribution in [0.1, 0.15) is 36.5 Å². The minimum atomic E-state index is -0.00259. The van der Waals surface area contributed by atoms with Gasteiger partial charge in [-0.25, -0.2) is 4.98 Å². The molecule has 0 bridgehead atoms. The highest BCUT2D eigenvalue weighted by molar-refractivity contribution is 7.09. The number of hydrogen-bond donors (Lipinski definition) is 2. The van der Waals surface area contributed by atoms with Crippen LogP contribution in [0.15, 0.2) is 5.38 Å². The maximum atomic E-state index is 11.4. The molecule has 1 heterocycles. The molecule has 0 saturated heterocycles. The van der Waals surface area contributed by atoms with Gasteiger partial charge in [0.1, 0.15) is 5.01 Å². The number of thiazole rings is 1. The van der Waals surface area contributed by atoms with Crippen LogP contribution in [0.5, 0.6) is 0 Å². The maximum absolute atomic E-state index is 11.4. The molecule has 0 aromatic carbocycles. The third-order valence-corrected chi connectivity index (χ3v) is 3.13. The first-order valence-electron chi connectivity index (χ1n) is 5.08. The lowest BCUT2D eigenvalue weighted by Gasteiger charge is -2.13. The Bertz CT molecular complexity index is 333. The van der Waals surface area contributed by atoms with Crippen molar-refractivity contribution in [1.82, 2.24) is 10.3 Å². The average Bonchev–Trinajstić information content (AvgIpc) is 2.61. The highest BCUT2D eigenvalue weighted by atomic mass is 35.5. The average molecular weight is 300 g/mol. The Balaban J connectivity index is 0. The molecular formula is C10H19Cl2N3OS. The van der Waals surface area contributed by atoms with E-state index in [0.717, 1.165) is 17.1 Å². The lowest BCUT2D eigenvalue weighted by Crippen LogP contribution is -2.29. The van der Waals surface area contributed by atoms with Gasteiger partial charge in [0, 0.05) is 24.0 Å². The van der Waals surface area contributed by atoms with Gasteiger partial charge in [-0.3, -0.25) is 4.79 Å². The number of amides is 1. The molecule has 0 spiro atoms. The van der Waals surface area contributed by atoms with Gasteiger partial charge in [-0.15, -0.1) is 36.2 Å². The summed E-state index contributed by atoms with van der Waals surface area (Å²) in [4.78, 5) is 15.7. The van der Waals surface area contributed by atoms with E-state index in [1.54, 1.807) is 11.3 Å². The molecule has 0 fully saturated rings. The van der Waals surface area contributed by atoms with E-state index in [1.807, 2.05) is 19.2 Å². The molecule has 1 rings (SSSR count). The molecule has 1 atom stereocenters. The smallest absolute Gasteiger partial charge is 0.221 e. The minimum Gasteiger partial charge on any atom is -0.347 e. The van der Waals surface area contributed by atoms with Crippen molar-refractivity contribution in [2.75, 3.05) is 6.54 Å². The molecule has 100 valence electrons. The highest BCUT2D eigenvalue weighted by Gasteiger charge is 2.14. The summed E-state index contributed by atoms with van der Waals surface area (Å²) in [5.74, 6) is -0.00259. The molecule has 0 aliphatic heterocycles. The van der Waals surface area contributed by atoms with E-state index in [9.17, 15) is 4.79 Å². The Labute approximate surface area is 118 Å². The molecule has 3 N–H and O–H groups in total. The summed E-state index contributed by atoms with van der Waals surface area (Å²) in [6.07, 6.45) is 1.23. The Morgan fingerprint density at radius 2 is 2.24 bits per heavy atom. The van der Waals surface area contributed by atoms with Gasteiger partial charge in [0.25, 0.3) is 0 Å². The van der Waals surface area contributed by atoms with Gasteiger partial charge < -0.3 is 11.1 Å². The van der Waals surface area contributed by atoms with Crippen molar-refractivity contribution in [2.45, 2.75) is 32.7 Å². The quantitative estimate of drug-likeness (QED) is 0.876. The molecule has 1 amide bonds. The van der Waals surface area contributed by atoms with Gasteiger partial charge >= 0.3 is 0 Å². The van der Waals surface area contributed by atoms with E-state index in [4.69, 9.17) is 5.73 Å². The molecule has 17 heavy (non-hydrogen) atoms. The Morgan fingerprint density at radius 3 is 2.65 bits per heavy atom. The predicted molar refractivity (Wildman–Crippen MR) is 76.2 cm³/mol. The highest BCUT2D eigenvalue weighted by Crippen LogP contribution is 2.20. The summed E-state index contributed by atoms with van der Waals surface area (Å²) in [5.41, 5.74) is 6.32.